The van der Waals surface area contributed by atoms with Gasteiger partial charge in [-0.1, -0.05) is 45.1 Å². The van der Waals surface area contributed by atoms with Crippen molar-refractivity contribution < 1.29 is 44.2 Å². The number of carbonyl (C=O) groups excluding carboxylic acids is 2. The molecule has 0 aromatic carbocycles. The quantitative estimate of drug-likeness (QED) is 0.147. The number of aliphatic hydroxyl groups excluding tert-OH is 2. The van der Waals surface area contributed by atoms with E-state index in [1.807, 2.05) is 20.8 Å². The van der Waals surface area contributed by atoms with E-state index in [1.165, 1.54) is 13.8 Å². The molecule has 2 aliphatic rings. The topological polar surface area (TPSA) is 146 Å². The molecule has 0 radical (unpaired) electrons. The van der Waals surface area contributed by atoms with Gasteiger partial charge in [0.2, 0.25) is 0 Å². The van der Waals surface area contributed by atoms with E-state index in [2.05, 4.69) is 0 Å². The van der Waals surface area contributed by atoms with Crippen LogP contribution in [0.2, 0.25) is 0 Å². The van der Waals surface area contributed by atoms with Crippen LogP contribution in [0, 0.1) is 11.8 Å². The Kier molecular flexibility index (Phi) is 11.9. The van der Waals surface area contributed by atoms with Crippen LogP contribution in [-0.2, 0) is 23.8 Å². The number of carbonyl (C=O) groups is 2. The van der Waals surface area contributed by atoms with Crippen LogP contribution in [-0.4, -0.2) is 80.2 Å². The maximum Gasteiger partial charge on any atom is 0.309 e. The van der Waals surface area contributed by atoms with Crippen molar-refractivity contribution in [3.63, 3.8) is 0 Å². The SMILES string of the molecule is CC[C@H](O)[C@@H](C)[C@H]1O[C@@H]1C[C@@](C)(O)C=CC=C(C)[C@H]1OC(=O)C[C@H](O)CC[C@@](C)(O)[C@@H](OC(C)=O)C=C[C@@H]1C. The molecule has 2 rings (SSSR count). The van der Waals surface area contributed by atoms with Gasteiger partial charge in [-0.25, -0.2) is 0 Å². The third-order valence-corrected chi connectivity index (χ3v) is 7.66. The fourth-order valence-electron chi connectivity index (χ4n) is 4.98. The summed E-state index contributed by atoms with van der Waals surface area (Å²) in [7, 11) is 0. The van der Waals surface area contributed by atoms with Crippen molar-refractivity contribution in [3.05, 3.63) is 36.0 Å². The molecule has 4 N–H and O–H groups in total. The van der Waals surface area contributed by atoms with E-state index in [0.717, 1.165) is 0 Å². The van der Waals surface area contributed by atoms with Gasteiger partial charge in [-0.05, 0) is 51.7 Å². The zero-order valence-electron chi connectivity index (χ0n) is 24.4. The van der Waals surface area contributed by atoms with E-state index in [4.69, 9.17) is 14.2 Å². The molecule has 0 aromatic heterocycles. The lowest BCUT2D eigenvalue weighted by Gasteiger charge is -2.32. The summed E-state index contributed by atoms with van der Waals surface area (Å²) in [6, 6.07) is 0. The van der Waals surface area contributed by atoms with Gasteiger partial charge in [0.05, 0.1) is 36.4 Å². The highest BCUT2D eigenvalue weighted by atomic mass is 16.6. The Bertz CT molecular complexity index is 919. The normalized spacial score (nSPS) is 35.8. The summed E-state index contributed by atoms with van der Waals surface area (Å²) in [5, 5.41) is 42.2. The molecular weight excluding hydrogens is 504 g/mol. The third kappa shape index (κ3) is 10.5. The fraction of sp³-hybridized carbons (Fsp3) is 0.733. The lowest BCUT2D eigenvalue weighted by molar-refractivity contribution is -0.157. The van der Waals surface area contributed by atoms with Gasteiger partial charge >= 0.3 is 11.9 Å². The van der Waals surface area contributed by atoms with Crippen molar-refractivity contribution in [2.24, 2.45) is 11.8 Å². The van der Waals surface area contributed by atoms with Crippen molar-refractivity contribution >= 4 is 11.9 Å². The molecule has 2 heterocycles. The molecular formula is C30H48O9. The van der Waals surface area contributed by atoms with Crippen LogP contribution in [0.25, 0.3) is 0 Å². The van der Waals surface area contributed by atoms with Gasteiger partial charge < -0.3 is 34.6 Å². The first-order chi connectivity index (χ1) is 18.1. The first-order valence-corrected chi connectivity index (χ1v) is 13.9. The van der Waals surface area contributed by atoms with E-state index in [9.17, 15) is 30.0 Å². The van der Waals surface area contributed by atoms with Crippen molar-refractivity contribution in [1.29, 1.82) is 0 Å². The van der Waals surface area contributed by atoms with Gasteiger partial charge in [0.1, 0.15) is 17.8 Å². The molecule has 0 bridgehead atoms. The van der Waals surface area contributed by atoms with Gasteiger partial charge in [-0.2, -0.15) is 0 Å². The molecule has 222 valence electrons. The van der Waals surface area contributed by atoms with Crippen LogP contribution in [0.1, 0.15) is 80.6 Å². The van der Waals surface area contributed by atoms with E-state index in [0.29, 0.717) is 18.4 Å². The van der Waals surface area contributed by atoms with Crippen LogP contribution >= 0.6 is 0 Å². The lowest BCUT2D eigenvalue weighted by atomic mass is 9.88. The van der Waals surface area contributed by atoms with Crippen LogP contribution in [0.5, 0.6) is 0 Å². The molecule has 39 heavy (non-hydrogen) atoms. The number of hydrogen-bond donors (Lipinski definition) is 4. The largest absolute Gasteiger partial charge is 0.457 e. The Balaban J connectivity index is 2.18. The minimum Gasteiger partial charge on any atom is -0.457 e. The predicted molar refractivity (Wildman–Crippen MR) is 146 cm³/mol. The number of aliphatic hydroxyl groups is 4. The van der Waals surface area contributed by atoms with Crippen molar-refractivity contribution in [1.82, 2.24) is 0 Å². The van der Waals surface area contributed by atoms with E-state index in [-0.39, 0.29) is 43.3 Å². The van der Waals surface area contributed by atoms with Gasteiger partial charge in [0.25, 0.3) is 0 Å². The lowest BCUT2D eigenvalue weighted by Crippen LogP contribution is -2.42. The molecule has 0 amide bonds. The Labute approximate surface area is 232 Å². The monoisotopic (exact) mass is 552 g/mol. The Hall–Kier alpha value is -2.04. The summed E-state index contributed by atoms with van der Waals surface area (Å²) in [6.45, 7) is 12.0. The summed E-state index contributed by atoms with van der Waals surface area (Å²) < 4.78 is 16.8. The van der Waals surface area contributed by atoms with Gasteiger partial charge in [-0.3, -0.25) is 9.59 Å². The number of epoxide rings is 1. The average molecular weight is 553 g/mol. The molecule has 0 unspecified atom stereocenters. The second-order valence-electron chi connectivity index (χ2n) is 11.7. The molecule has 1 saturated heterocycles. The molecule has 0 saturated carbocycles. The second kappa shape index (κ2) is 14.0. The molecule has 0 spiro atoms. The standard InChI is InChI=1S/C30H48O9/c1-8-23(33)20(4)28-24(38-28)17-29(6,35)14-9-10-18(2)27-19(3)11-12-25(37-21(5)31)30(7,36)15-13-22(32)16-26(34)39-27/h9-12,14,19-20,22-25,27-28,32-33,35-36H,8,13,15-17H2,1-7H3/t19-,20+,22+,23-,24+,25-,27+,28+,29-,30+/m0/s1. The second-order valence-corrected chi connectivity index (χ2v) is 11.7. The number of allylic oxidation sites excluding steroid dienone is 2. The zero-order chi connectivity index (χ0) is 29.5. The minimum absolute atomic E-state index is 0.00472. The highest BCUT2D eigenvalue weighted by Gasteiger charge is 2.47. The highest BCUT2D eigenvalue weighted by molar-refractivity contribution is 5.70. The molecule has 0 aliphatic carbocycles. The fourth-order valence-corrected chi connectivity index (χ4v) is 4.98. The van der Waals surface area contributed by atoms with Crippen LogP contribution in [0.3, 0.4) is 0 Å². The first kappa shape index (κ1) is 33.2. The summed E-state index contributed by atoms with van der Waals surface area (Å²) in [4.78, 5) is 24.3. The number of esters is 2. The number of cyclic esters (lactones) is 1. The summed E-state index contributed by atoms with van der Waals surface area (Å²) in [6.07, 6.45) is 6.23. The smallest absolute Gasteiger partial charge is 0.309 e. The molecule has 0 aromatic rings. The minimum atomic E-state index is -1.43. The maximum atomic E-state index is 12.6. The molecule has 2 aliphatic heterocycles. The van der Waals surface area contributed by atoms with Crippen molar-refractivity contribution in [3.8, 4) is 0 Å². The molecule has 1 fully saturated rings. The predicted octanol–water partition coefficient (Wildman–Crippen LogP) is 3.14. The van der Waals surface area contributed by atoms with Crippen molar-refractivity contribution in [2.45, 2.75) is 128 Å². The van der Waals surface area contributed by atoms with E-state index >= 15 is 0 Å². The van der Waals surface area contributed by atoms with Crippen LogP contribution < -0.4 is 0 Å². The van der Waals surface area contributed by atoms with Crippen molar-refractivity contribution in [2.75, 3.05) is 0 Å². The Morgan fingerprint density at radius 2 is 2.00 bits per heavy atom. The van der Waals surface area contributed by atoms with E-state index in [1.54, 1.807) is 44.2 Å². The zero-order valence-corrected chi connectivity index (χ0v) is 24.4. The summed E-state index contributed by atoms with van der Waals surface area (Å²) in [5.41, 5.74) is -1.87. The van der Waals surface area contributed by atoms with E-state index < -0.39 is 47.6 Å². The van der Waals surface area contributed by atoms with Crippen LogP contribution in [0.4, 0.5) is 0 Å². The van der Waals surface area contributed by atoms with Crippen LogP contribution in [0.15, 0.2) is 36.0 Å². The first-order valence-electron chi connectivity index (χ1n) is 13.9. The Morgan fingerprint density at radius 3 is 2.62 bits per heavy atom. The average Bonchev–Trinajstić information content (AvgIpc) is 3.59. The number of ether oxygens (including phenoxy) is 3. The number of hydrogen-bond acceptors (Lipinski definition) is 9. The highest BCUT2D eigenvalue weighted by Crippen LogP contribution is 2.37. The third-order valence-electron chi connectivity index (χ3n) is 7.66. The summed E-state index contributed by atoms with van der Waals surface area (Å²) in [5.74, 6) is -1.46. The molecule has 9 heteroatoms. The maximum absolute atomic E-state index is 12.6. The summed E-state index contributed by atoms with van der Waals surface area (Å²) >= 11 is 0. The number of rotatable bonds is 9. The van der Waals surface area contributed by atoms with Gasteiger partial charge in [0, 0.05) is 25.2 Å². The molecule has 9 nitrogen and oxygen atoms in total. The molecule has 10 atom stereocenters. The van der Waals surface area contributed by atoms with Gasteiger partial charge in [0.15, 0.2) is 0 Å². The van der Waals surface area contributed by atoms with Gasteiger partial charge in [-0.15, -0.1) is 0 Å². The Morgan fingerprint density at radius 1 is 1.33 bits per heavy atom.